The van der Waals surface area contributed by atoms with E-state index in [0.717, 1.165) is 10.2 Å². The molecule has 1 heterocycles. The zero-order chi connectivity index (χ0) is 12.3. The van der Waals surface area contributed by atoms with E-state index in [1.165, 1.54) is 0 Å². The summed E-state index contributed by atoms with van der Waals surface area (Å²) in [5.41, 5.74) is 1.26. The molecule has 2 nitrogen and oxygen atoms in total. The van der Waals surface area contributed by atoms with E-state index in [1.54, 1.807) is 24.4 Å². The maximum atomic E-state index is 12.0. The highest BCUT2D eigenvalue weighted by molar-refractivity contribution is 9.10. The Labute approximate surface area is 113 Å². The summed E-state index contributed by atoms with van der Waals surface area (Å²) in [5, 5.41) is 0.452. The van der Waals surface area contributed by atoms with Crippen molar-refractivity contribution in [3.05, 3.63) is 63.3 Å². The molecule has 1 aromatic heterocycles. The molecule has 2 aromatic rings. The molecule has 0 unspecified atom stereocenters. The molecule has 0 saturated heterocycles. The van der Waals surface area contributed by atoms with E-state index in [-0.39, 0.29) is 12.2 Å². The summed E-state index contributed by atoms with van der Waals surface area (Å²) < 4.78 is 0.728. The molecule has 2 rings (SSSR count). The second kappa shape index (κ2) is 5.43. The van der Waals surface area contributed by atoms with Crippen molar-refractivity contribution in [3.63, 3.8) is 0 Å². The van der Waals surface area contributed by atoms with E-state index in [1.807, 2.05) is 18.2 Å². The number of carbonyl (C=O) groups excluding carboxylic acids is 1. The molecule has 0 spiro atoms. The van der Waals surface area contributed by atoms with Gasteiger partial charge in [-0.1, -0.05) is 23.7 Å². The first-order valence-electron chi connectivity index (χ1n) is 5.05. The number of aromatic nitrogens is 1. The summed E-state index contributed by atoms with van der Waals surface area (Å²) in [6, 6.07) is 10.8. The van der Waals surface area contributed by atoms with Crippen LogP contribution in [0.5, 0.6) is 0 Å². The molecule has 86 valence electrons. The van der Waals surface area contributed by atoms with Gasteiger partial charge in [-0.3, -0.25) is 9.78 Å². The van der Waals surface area contributed by atoms with Crippen LogP contribution in [-0.2, 0) is 6.42 Å². The molecule has 4 heteroatoms. The van der Waals surface area contributed by atoms with Crippen LogP contribution in [-0.4, -0.2) is 10.8 Å². The van der Waals surface area contributed by atoms with Crippen LogP contribution in [0.25, 0.3) is 0 Å². The second-order valence-corrected chi connectivity index (χ2v) is 4.75. The minimum Gasteiger partial charge on any atom is -0.294 e. The number of hydrogen-bond acceptors (Lipinski definition) is 2. The van der Waals surface area contributed by atoms with E-state index in [2.05, 4.69) is 20.9 Å². The van der Waals surface area contributed by atoms with E-state index in [4.69, 9.17) is 11.6 Å². The molecule has 0 N–H and O–H groups in total. The van der Waals surface area contributed by atoms with Gasteiger partial charge < -0.3 is 0 Å². The Morgan fingerprint density at radius 3 is 2.76 bits per heavy atom. The lowest BCUT2D eigenvalue weighted by Crippen LogP contribution is -2.05. The van der Waals surface area contributed by atoms with Crippen molar-refractivity contribution in [2.24, 2.45) is 0 Å². The van der Waals surface area contributed by atoms with Gasteiger partial charge in [0.15, 0.2) is 5.78 Å². The number of benzene rings is 1. The van der Waals surface area contributed by atoms with Crippen molar-refractivity contribution in [2.45, 2.75) is 6.42 Å². The summed E-state index contributed by atoms with van der Waals surface area (Å²) in [4.78, 5) is 16.2. The van der Waals surface area contributed by atoms with Crippen LogP contribution in [0.15, 0.2) is 47.1 Å². The number of rotatable bonds is 3. The lowest BCUT2D eigenvalue weighted by atomic mass is 10.1. The fourth-order valence-electron chi connectivity index (χ4n) is 1.48. The van der Waals surface area contributed by atoms with E-state index >= 15 is 0 Å². The fraction of sp³-hybridized carbons (Fsp3) is 0.0769. The highest BCUT2D eigenvalue weighted by atomic mass is 79.9. The van der Waals surface area contributed by atoms with Gasteiger partial charge in [0.25, 0.3) is 0 Å². The van der Waals surface area contributed by atoms with Gasteiger partial charge in [-0.25, -0.2) is 0 Å². The highest BCUT2D eigenvalue weighted by Crippen LogP contribution is 2.26. The number of hydrogen-bond donors (Lipinski definition) is 0. The van der Waals surface area contributed by atoms with Gasteiger partial charge >= 0.3 is 0 Å². The summed E-state index contributed by atoms with van der Waals surface area (Å²) in [6.45, 7) is 0. The van der Waals surface area contributed by atoms with Gasteiger partial charge in [-0.05, 0) is 40.2 Å². The topological polar surface area (TPSA) is 30.0 Å². The van der Waals surface area contributed by atoms with Crippen LogP contribution in [0.1, 0.15) is 16.1 Å². The Bertz CT molecular complexity index is 542. The standard InChI is InChI=1S/C13H9BrClNO/c14-11-6-3-5-10(13(11)15)12(17)8-9-4-1-2-7-16-9/h1-7H,8H2. The number of pyridine rings is 1. The first kappa shape index (κ1) is 12.3. The van der Waals surface area contributed by atoms with E-state index < -0.39 is 0 Å². The monoisotopic (exact) mass is 309 g/mol. The lowest BCUT2D eigenvalue weighted by Gasteiger charge is -2.04. The van der Waals surface area contributed by atoms with Crippen LogP contribution in [0.4, 0.5) is 0 Å². The molecule has 0 fully saturated rings. The molecule has 0 aliphatic rings. The average Bonchev–Trinajstić information content (AvgIpc) is 2.34. The van der Waals surface area contributed by atoms with Crippen LogP contribution in [0, 0.1) is 0 Å². The molecule has 0 saturated carbocycles. The highest BCUT2D eigenvalue weighted by Gasteiger charge is 2.13. The van der Waals surface area contributed by atoms with Crippen molar-refractivity contribution in [1.82, 2.24) is 4.98 Å². The third-order valence-corrected chi connectivity index (χ3v) is 3.62. The zero-order valence-corrected chi connectivity index (χ0v) is 11.2. The minimum atomic E-state index is -0.0324. The van der Waals surface area contributed by atoms with Crippen LogP contribution in [0.3, 0.4) is 0 Å². The first-order chi connectivity index (χ1) is 8.18. The molecule has 0 aliphatic carbocycles. The Morgan fingerprint density at radius 1 is 1.24 bits per heavy atom. The van der Waals surface area contributed by atoms with Crippen molar-refractivity contribution in [1.29, 1.82) is 0 Å². The Hall–Kier alpha value is -1.19. The minimum absolute atomic E-state index is 0.0324. The molecule has 0 bridgehead atoms. The molecule has 0 aliphatic heterocycles. The summed E-state index contributed by atoms with van der Waals surface area (Å²) in [7, 11) is 0. The Balaban J connectivity index is 2.24. The predicted molar refractivity (Wildman–Crippen MR) is 71.4 cm³/mol. The zero-order valence-electron chi connectivity index (χ0n) is 8.86. The van der Waals surface area contributed by atoms with E-state index in [0.29, 0.717) is 10.6 Å². The van der Waals surface area contributed by atoms with Crippen molar-refractivity contribution < 1.29 is 4.79 Å². The number of carbonyl (C=O) groups is 1. The van der Waals surface area contributed by atoms with Gasteiger partial charge in [0.05, 0.1) is 11.4 Å². The third kappa shape index (κ3) is 2.93. The number of halogens is 2. The smallest absolute Gasteiger partial charge is 0.170 e. The van der Waals surface area contributed by atoms with Gasteiger partial charge in [0.2, 0.25) is 0 Å². The first-order valence-corrected chi connectivity index (χ1v) is 6.22. The molecular weight excluding hydrogens is 302 g/mol. The SMILES string of the molecule is O=C(Cc1ccccn1)c1cccc(Br)c1Cl. The van der Waals surface area contributed by atoms with Crippen LogP contribution in [0.2, 0.25) is 5.02 Å². The molecular formula is C13H9BrClNO. The maximum Gasteiger partial charge on any atom is 0.170 e. The Kier molecular flexibility index (Phi) is 3.92. The quantitative estimate of drug-likeness (QED) is 0.804. The summed E-state index contributed by atoms with van der Waals surface area (Å²) >= 11 is 9.37. The summed E-state index contributed by atoms with van der Waals surface area (Å²) in [6.07, 6.45) is 1.93. The third-order valence-electron chi connectivity index (χ3n) is 2.32. The average molecular weight is 311 g/mol. The molecule has 17 heavy (non-hydrogen) atoms. The number of nitrogens with zero attached hydrogens (tertiary/aromatic N) is 1. The maximum absolute atomic E-state index is 12.0. The van der Waals surface area contributed by atoms with Gasteiger partial charge in [0, 0.05) is 21.9 Å². The van der Waals surface area contributed by atoms with Gasteiger partial charge in [-0.15, -0.1) is 0 Å². The van der Waals surface area contributed by atoms with Gasteiger partial charge in [0.1, 0.15) is 0 Å². The molecule has 0 atom stereocenters. The Morgan fingerprint density at radius 2 is 2.06 bits per heavy atom. The van der Waals surface area contributed by atoms with Crippen molar-refractivity contribution in [2.75, 3.05) is 0 Å². The predicted octanol–water partition coefficient (Wildman–Crippen LogP) is 3.92. The van der Waals surface area contributed by atoms with E-state index in [9.17, 15) is 4.79 Å². The molecule has 0 amide bonds. The number of ketones is 1. The van der Waals surface area contributed by atoms with Crippen LogP contribution >= 0.6 is 27.5 Å². The number of Topliss-reactive ketones (excluding diaryl/α,β-unsaturated/α-hetero) is 1. The molecule has 1 aromatic carbocycles. The van der Waals surface area contributed by atoms with Gasteiger partial charge in [-0.2, -0.15) is 0 Å². The molecule has 0 radical (unpaired) electrons. The largest absolute Gasteiger partial charge is 0.294 e. The normalized spacial score (nSPS) is 10.2. The van der Waals surface area contributed by atoms with Crippen molar-refractivity contribution in [3.8, 4) is 0 Å². The lowest BCUT2D eigenvalue weighted by molar-refractivity contribution is 0.0992. The second-order valence-electron chi connectivity index (χ2n) is 3.52. The van der Waals surface area contributed by atoms with Crippen molar-refractivity contribution >= 4 is 33.3 Å². The van der Waals surface area contributed by atoms with Crippen LogP contribution < -0.4 is 0 Å². The fourth-order valence-corrected chi connectivity index (χ4v) is 2.08. The summed E-state index contributed by atoms with van der Waals surface area (Å²) in [5.74, 6) is -0.0324.